The Kier molecular flexibility index (Phi) is 4.97. The van der Waals surface area contributed by atoms with Crippen molar-refractivity contribution in [3.63, 3.8) is 0 Å². The Hall–Kier alpha value is -0.900. The van der Waals surface area contributed by atoms with Gasteiger partial charge in [-0.25, -0.2) is 4.98 Å². The van der Waals surface area contributed by atoms with Crippen LogP contribution in [0.25, 0.3) is 0 Å². The van der Waals surface area contributed by atoms with Crippen LogP contribution in [0.3, 0.4) is 0 Å². The standard InChI is InChI=1S/C15H18ClNOS/c1-10-11(2)19-15(17-10)8-13(9-18)6-12-4-3-5-14(16)7-12/h3-5,7,13,18H,6,8-9H2,1-2H3. The molecule has 0 aliphatic heterocycles. The lowest BCUT2D eigenvalue weighted by atomic mass is 9.97. The molecule has 19 heavy (non-hydrogen) atoms. The van der Waals surface area contributed by atoms with Gasteiger partial charge in [0, 0.05) is 22.9 Å². The zero-order chi connectivity index (χ0) is 13.8. The predicted molar refractivity (Wildman–Crippen MR) is 81.0 cm³/mol. The molecule has 0 fully saturated rings. The number of aliphatic hydroxyl groups is 1. The topological polar surface area (TPSA) is 33.1 Å². The molecule has 102 valence electrons. The second-order valence-electron chi connectivity index (χ2n) is 4.84. The van der Waals surface area contributed by atoms with Gasteiger partial charge in [0.05, 0.1) is 10.7 Å². The molecule has 0 aliphatic carbocycles. The second-order valence-corrected chi connectivity index (χ2v) is 6.56. The molecular formula is C15H18ClNOS. The number of benzene rings is 1. The molecule has 1 N–H and O–H groups in total. The molecule has 2 rings (SSSR count). The van der Waals surface area contributed by atoms with Gasteiger partial charge in [-0.1, -0.05) is 23.7 Å². The first-order valence-electron chi connectivity index (χ1n) is 6.36. The Balaban J connectivity index is 2.04. The monoisotopic (exact) mass is 295 g/mol. The van der Waals surface area contributed by atoms with E-state index in [-0.39, 0.29) is 12.5 Å². The van der Waals surface area contributed by atoms with Crippen molar-refractivity contribution in [2.24, 2.45) is 5.92 Å². The first-order chi connectivity index (χ1) is 9.08. The molecule has 0 amide bonds. The summed E-state index contributed by atoms with van der Waals surface area (Å²) in [4.78, 5) is 5.80. The minimum atomic E-state index is 0.171. The summed E-state index contributed by atoms with van der Waals surface area (Å²) in [5.74, 6) is 0.198. The smallest absolute Gasteiger partial charge is 0.0934 e. The lowest BCUT2D eigenvalue weighted by Crippen LogP contribution is -2.12. The molecule has 4 heteroatoms. The van der Waals surface area contributed by atoms with Crippen LogP contribution in [0.5, 0.6) is 0 Å². The van der Waals surface area contributed by atoms with Crippen LogP contribution in [0.1, 0.15) is 21.1 Å². The molecule has 2 nitrogen and oxygen atoms in total. The Morgan fingerprint density at radius 1 is 1.32 bits per heavy atom. The van der Waals surface area contributed by atoms with E-state index in [0.29, 0.717) is 0 Å². The molecule has 2 aromatic rings. The highest BCUT2D eigenvalue weighted by Crippen LogP contribution is 2.22. The van der Waals surface area contributed by atoms with Gasteiger partial charge in [0.25, 0.3) is 0 Å². The van der Waals surface area contributed by atoms with Crippen LogP contribution in [0.15, 0.2) is 24.3 Å². The Bertz CT molecular complexity index is 533. The number of aromatic nitrogens is 1. The average molecular weight is 296 g/mol. The van der Waals surface area contributed by atoms with Gasteiger partial charge in [0.1, 0.15) is 0 Å². The SMILES string of the molecule is Cc1nc(CC(CO)Cc2cccc(Cl)c2)sc1C. The van der Waals surface area contributed by atoms with E-state index < -0.39 is 0 Å². The summed E-state index contributed by atoms with van der Waals surface area (Å²) in [5, 5.41) is 11.4. The molecule has 1 heterocycles. The highest BCUT2D eigenvalue weighted by molar-refractivity contribution is 7.11. The third-order valence-electron chi connectivity index (χ3n) is 3.21. The second kappa shape index (κ2) is 6.51. The molecule has 0 saturated heterocycles. The lowest BCUT2D eigenvalue weighted by molar-refractivity contribution is 0.225. The maximum Gasteiger partial charge on any atom is 0.0934 e. The van der Waals surface area contributed by atoms with Crippen LogP contribution < -0.4 is 0 Å². The Morgan fingerprint density at radius 2 is 2.11 bits per heavy atom. The summed E-state index contributed by atoms with van der Waals surface area (Å²) in [6.45, 7) is 4.28. The van der Waals surface area contributed by atoms with Crippen LogP contribution in [-0.4, -0.2) is 16.7 Å². The van der Waals surface area contributed by atoms with Gasteiger partial charge in [0.15, 0.2) is 0 Å². The molecule has 0 bridgehead atoms. The minimum Gasteiger partial charge on any atom is -0.396 e. The van der Waals surface area contributed by atoms with E-state index in [0.717, 1.165) is 34.1 Å². The molecule has 0 aliphatic rings. The van der Waals surface area contributed by atoms with Crippen molar-refractivity contribution in [2.75, 3.05) is 6.61 Å². The number of nitrogens with zero attached hydrogens (tertiary/aromatic N) is 1. The average Bonchev–Trinajstić information content (AvgIpc) is 2.67. The van der Waals surface area contributed by atoms with Gasteiger partial charge in [-0.3, -0.25) is 0 Å². The Morgan fingerprint density at radius 3 is 2.68 bits per heavy atom. The zero-order valence-electron chi connectivity index (χ0n) is 11.2. The van der Waals surface area contributed by atoms with Gasteiger partial charge in [-0.05, 0) is 43.9 Å². The number of halogens is 1. The third-order valence-corrected chi connectivity index (χ3v) is 4.54. The van der Waals surface area contributed by atoms with E-state index in [4.69, 9.17) is 11.6 Å². The van der Waals surface area contributed by atoms with Crippen molar-refractivity contribution in [1.82, 2.24) is 4.98 Å². The van der Waals surface area contributed by atoms with Crippen molar-refractivity contribution in [1.29, 1.82) is 0 Å². The van der Waals surface area contributed by atoms with Gasteiger partial charge in [-0.2, -0.15) is 0 Å². The van der Waals surface area contributed by atoms with Crippen LogP contribution in [0.2, 0.25) is 5.02 Å². The molecule has 1 aromatic heterocycles. The number of aliphatic hydroxyl groups excluding tert-OH is 1. The fourth-order valence-corrected chi connectivity index (χ4v) is 3.33. The molecule has 1 aromatic carbocycles. The normalized spacial score (nSPS) is 12.6. The molecular weight excluding hydrogens is 278 g/mol. The fraction of sp³-hybridized carbons (Fsp3) is 0.400. The van der Waals surface area contributed by atoms with Gasteiger partial charge < -0.3 is 5.11 Å². The fourth-order valence-electron chi connectivity index (χ4n) is 2.07. The zero-order valence-corrected chi connectivity index (χ0v) is 12.8. The predicted octanol–water partition coefficient (Wildman–Crippen LogP) is 3.81. The van der Waals surface area contributed by atoms with Crippen LogP contribution >= 0.6 is 22.9 Å². The summed E-state index contributed by atoms with van der Waals surface area (Å²) in [6, 6.07) is 7.83. The van der Waals surface area contributed by atoms with E-state index in [1.54, 1.807) is 11.3 Å². The largest absolute Gasteiger partial charge is 0.396 e. The first kappa shape index (κ1) is 14.5. The molecule has 1 unspecified atom stereocenters. The summed E-state index contributed by atoms with van der Waals surface area (Å²) in [6.07, 6.45) is 1.65. The quantitative estimate of drug-likeness (QED) is 0.910. The number of aryl methyl sites for hydroxylation is 2. The van der Waals surface area contributed by atoms with E-state index in [9.17, 15) is 5.11 Å². The van der Waals surface area contributed by atoms with E-state index in [1.807, 2.05) is 31.2 Å². The van der Waals surface area contributed by atoms with Gasteiger partial charge in [-0.15, -0.1) is 11.3 Å². The number of rotatable bonds is 5. The van der Waals surface area contributed by atoms with E-state index in [1.165, 1.54) is 4.88 Å². The molecule has 0 spiro atoms. The molecule has 0 radical (unpaired) electrons. The summed E-state index contributed by atoms with van der Waals surface area (Å²) < 4.78 is 0. The van der Waals surface area contributed by atoms with Crippen molar-refractivity contribution in [2.45, 2.75) is 26.7 Å². The van der Waals surface area contributed by atoms with E-state index >= 15 is 0 Å². The van der Waals surface area contributed by atoms with Crippen molar-refractivity contribution in [3.05, 3.63) is 50.4 Å². The van der Waals surface area contributed by atoms with Crippen molar-refractivity contribution in [3.8, 4) is 0 Å². The van der Waals surface area contributed by atoms with Crippen molar-refractivity contribution >= 4 is 22.9 Å². The van der Waals surface area contributed by atoms with Crippen LogP contribution in [-0.2, 0) is 12.8 Å². The van der Waals surface area contributed by atoms with Crippen molar-refractivity contribution < 1.29 is 5.11 Å². The summed E-state index contributed by atoms with van der Waals surface area (Å²) >= 11 is 7.71. The molecule has 1 atom stereocenters. The number of hydrogen-bond acceptors (Lipinski definition) is 3. The summed E-state index contributed by atoms with van der Waals surface area (Å²) in [7, 11) is 0. The highest BCUT2D eigenvalue weighted by Gasteiger charge is 2.13. The summed E-state index contributed by atoms with van der Waals surface area (Å²) in [5.41, 5.74) is 2.26. The van der Waals surface area contributed by atoms with Crippen LogP contribution in [0, 0.1) is 19.8 Å². The number of thiazole rings is 1. The third kappa shape index (κ3) is 4.03. The Labute approximate surface area is 123 Å². The lowest BCUT2D eigenvalue weighted by Gasteiger charge is -2.12. The minimum absolute atomic E-state index is 0.171. The van der Waals surface area contributed by atoms with Gasteiger partial charge in [0.2, 0.25) is 0 Å². The maximum absolute atomic E-state index is 9.54. The van der Waals surface area contributed by atoms with E-state index in [2.05, 4.69) is 11.9 Å². The highest BCUT2D eigenvalue weighted by atomic mass is 35.5. The number of hydrogen-bond donors (Lipinski definition) is 1. The van der Waals surface area contributed by atoms with Crippen LogP contribution in [0.4, 0.5) is 0 Å². The first-order valence-corrected chi connectivity index (χ1v) is 7.56. The maximum atomic E-state index is 9.54. The van der Waals surface area contributed by atoms with Gasteiger partial charge >= 0.3 is 0 Å². The molecule has 0 saturated carbocycles.